The monoisotopic (exact) mass is 468 g/mol. The van der Waals surface area contributed by atoms with Gasteiger partial charge in [-0.1, -0.05) is 168 Å². The van der Waals surface area contributed by atoms with Gasteiger partial charge in [0.2, 0.25) is 0 Å². The van der Waals surface area contributed by atoms with Crippen LogP contribution in [0.4, 0.5) is 0 Å². The predicted molar refractivity (Wildman–Crippen MR) is 149 cm³/mol. The van der Waals surface area contributed by atoms with Gasteiger partial charge in [-0.05, 0) is 12.8 Å². The lowest BCUT2D eigenvalue weighted by Gasteiger charge is -2.13. The quantitative estimate of drug-likeness (QED) is 0.0936. The number of unbranched alkanes of at least 4 members (excludes halogenated alkanes) is 22. The Labute approximate surface area is 209 Å². The van der Waals surface area contributed by atoms with E-state index < -0.39 is 0 Å². The van der Waals surface area contributed by atoms with Crippen LogP contribution < -0.4 is 0 Å². The van der Waals surface area contributed by atoms with Gasteiger partial charge in [0, 0.05) is 5.92 Å². The van der Waals surface area contributed by atoms with Crippen LogP contribution >= 0.6 is 12.6 Å². The van der Waals surface area contributed by atoms with Crippen LogP contribution in [-0.4, -0.2) is 5.12 Å². The van der Waals surface area contributed by atoms with Gasteiger partial charge < -0.3 is 0 Å². The van der Waals surface area contributed by atoms with Gasteiger partial charge in [0.1, 0.15) is 0 Å². The van der Waals surface area contributed by atoms with Crippen LogP contribution in [-0.2, 0) is 4.79 Å². The molecule has 192 valence electrons. The molecule has 0 aliphatic heterocycles. The zero-order chi connectivity index (χ0) is 23.5. The smallest absolute Gasteiger partial charge is 0.188 e. The molecular weight excluding hydrogens is 408 g/mol. The van der Waals surface area contributed by atoms with Crippen LogP contribution in [0.15, 0.2) is 0 Å². The summed E-state index contributed by atoms with van der Waals surface area (Å²) in [7, 11) is 0. The summed E-state index contributed by atoms with van der Waals surface area (Å²) in [6, 6.07) is 0. The lowest BCUT2D eigenvalue weighted by molar-refractivity contribution is -0.114. The molecule has 0 heterocycles. The van der Waals surface area contributed by atoms with Crippen molar-refractivity contribution >= 4 is 17.7 Å². The van der Waals surface area contributed by atoms with E-state index in [4.69, 9.17) is 0 Å². The fraction of sp³-hybridized carbons (Fsp3) is 0.967. The fourth-order valence-electron chi connectivity index (χ4n) is 4.85. The van der Waals surface area contributed by atoms with E-state index in [1.807, 2.05) is 0 Å². The molecule has 2 heteroatoms. The summed E-state index contributed by atoms with van der Waals surface area (Å²) in [5.41, 5.74) is 0. The second kappa shape index (κ2) is 27.3. The highest BCUT2D eigenvalue weighted by Crippen LogP contribution is 2.22. The largest absolute Gasteiger partial charge is 0.287 e. The van der Waals surface area contributed by atoms with Gasteiger partial charge in [0.05, 0.1) is 0 Å². The number of hydrogen-bond donors (Lipinski definition) is 1. The third kappa shape index (κ3) is 24.7. The minimum absolute atomic E-state index is 0.135. The van der Waals surface area contributed by atoms with E-state index in [1.165, 1.54) is 154 Å². The van der Waals surface area contributed by atoms with Crippen LogP contribution in [0.25, 0.3) is 0 Å². The average Bonchev–Trinajstić information content (AvgIpc) is 2.78. The van der Waals surface area contributed by atoms with Crippen LogP contribution in [0, 0.1) is 5.92 Å². The van der Waals surface area contributed by atoms with Gasteiger partial charge in [-0.2, -0.15) is 0 Å². The molecule has 0 N–H and O–H groups in total. The molecule has 0 fully saturated rings. The van der Waals surface area contributed by atoms with Crippen LogP contribution in [0.1, 0.15) is 181 Å². The molecule has 0 aromatic heterocycles. The molecule has 1 nitrogen and oxygen atoms in total. The molecule has 0 aromatic carbocycles. The predicted octanol–water partition coefficient (Wildman–Crippen LogP) is 11.2. The highest BCUT2D eigenvalue weighted by Gasteiger charge is 2.14. The molecule has 0 aliphatic carbocycles. The van der Waals surface area contributed by atoms with E-state index in [9.17, 15) is 4.79 Å². The Morgan fingerprint density at radius 2 is 0.656 bits per heavy atom. The minimum atomic E-state index is 0.135. The molecule has 0 aliphatic rings. The van der Waals surface area contributed by atoms with Crippen molar-refractivity contribution in [3.8, 4) is 0 Å². The Hall–Kier alpha value is 0.0200. The van der Waals surface area contributed by atoms with E-state index in [0.29, 0.717) is 0 Å². The molecule has 0 amide bonds. The Bertz CT molecular complexity index is 340. The molecule has 0 bridgehead atoms. The van der Waals surface area contributed by atoms with Gasteiger partial charge in [-0.25, -0.2) is 0 Å². The summed E-state index contributed by atoms with van der Waals surface area (Å²) in [6.07, 6.45) is 35.3. The highest BCUT2D eigenvalue weighted by atomic mass is 32.1. The van der Waals surface area contributed by atoms with Crippen molar-refractivity contribution in [3.63, 3.8) is 0 Å². The van der Waals surface area contributed by atoms with Crippen molar-refractivity contribution in [3.05, 3.63) is 0 Å². The van der Waals surface area contributed by atoms with Crippen molar-refractivity contribution < 1.29 is 4.79 Å². The number of hydrogen-bond acceptors (Lipinski definition) is 1. The first-order valence-corrected chi connectivity index (χ1v) is 15.4. The Morgan fingerprint density at radius 3 is 0.875 bits per heavy atom. The van der Waals surface area contributed by atoms with Gasteiger partial charge in [-0.3, -0.25) is 4.79 Å². The number of rotatable bonds is 27. The Balaban J connectivity index is 3.42. The first-order chi connectivity index (χ1) is 15.7. The number of carbonyl (C=O) groups is 1. The molecule has 0 saturated heterocycles. The molecule has 0 radical (unpaired) electrons. The van der Waals surface area contributed by atoms with Crippen LogP contribution in [0.2, 0.25) is 0 Å². The summed E-state index contributed by atoms with van der Waals surface area (Å²) >= 11 is 4.18. The summed E-state index contributed by atoms with van der Waals surface area (Å²) in [4.78, 5) is 11.9. The molecule has 32 heavy (non-hydrogen) atoms. The van der Waals surface area contributed by atoms with Gasteiger partial charge >= 0.3 is 0 Å². The van der Waals surface area contributed by atoms with E-state index in [0.717, 1.165) is 12.8 Å². The molecule has 0 spiro atoms. The molecule has 0 rings (SSSR count). The van der Waals surface area contributed by atoms with E-state index in [1.54, 1.807) is 0 Å². The average molecular weight is 469 g/mol. The van der Waals surface area contributed by atoms with Crippen molar-refractivity contribution in [1.82, 2.24) is 0 Å². The van der Waals surface area contributed by atoms with Crippen LogP contribution in [0.3, 0.4) is 0 Å². The molecule has 0 saturated carbocycles. The summed E-state index contributed by atoms with van der Waals surface area (Å²) < 4.78 is 0. The molecule has 0 atom stereocenters. The lowest BCUT2D eigenvalue weighted by Crippen LogP contribution is -2.09. The third-order valence-corrected chi connectivity index (χ3v) is 7.53. The van der Waals surface area contributed by atoms with Gasteiger partial charge in [0.25, 0.3) is 0 Å². The van der Waals surface area contributed by atoms with Gasteiger partial charge in [-0.15, -0.1) is 12.6 Å². The topological polar surface area (TPSA) is 17.1 Å². The second-order valence-corrected chi connectivity index (χ2v) is 10.8. The fourth-order valence-corrected chi connectivity index (χ4v) is 5.11. The Kier molecular flexibility index (Phi) is 27.3. The minimum Gasteiger partial charge on any atom is -0.287 e. The first kappa shape index (κ1) is 32.0. The SMILES string of the molecule is CCCCCCCCCCCCCCC(CCCCCCCCCCCCCC)C(=O)S. The zero-order valence-electron chi connectivity index (χ0n) is 22.3. The van der Waals surface area contributed by atoms with E-state index >= 15 is 0 Å². The summed E-state index contributed by atoms with van der Waals surface area (Å²) in [6.45, 7) is 4.57. The number of thiol groups is 1. The maximum Gasteiger partial charge on any atom is 0.188 e. The van der Waals surface area contributed by atoms with E-state index in [2.05, 4.69) is 26.5 Å². The summed E-state index contributed by atoms with van der Waals surface area (Å²) in [5.74, 6) is 0.213. The van der Waals surface area contributed by atoms with Gasteiger partial charge in [0.15, 0.2) is 5.12 Å². The normalized spacial score (nSPS) is 11.5. The highest BCUT2D eigenvalue weighted by molar-refractivity contribution is 7.96. The van der Waals surface area contributed by atoms with Crippen molar-refractivity contribution in [1.29, 1.82) is 0 Å². The second-order valence-electron chi connectivity index (χ2n) is 10.4. The van der Waals surface area contributed by atoms with Crippen molar-refractivity contribution in [2.45, 2.75) is 181 Å². The first-order valence-electron chi connectivity index (χ1n) is 14.9. The van der Waals surface area contributed by atoms with E-state index in [-0.39, 0.29) is 11.0 Å². The lowest BCUT2D eigenvalue weighted by atomic mass is 9.95. The van der Waals surface area contributed by atoms with Crippen molar-refractivity contribution in [2.24, 2.45) is 5.92 Å². The standard InChI is InChI=1S/C30H60OS/c1-3-5-7-9-11-13-15-17-19-21-23-25-27-29(30(31)32)28-26-24-22-20-18-16-14-12-10-8-6-4-2/h29H,3-28H2,1-2H3,(H,31,32). The Morgan fingerprint density at radius 1 is 0.438 bits per heavy atom. The molecular formula is C30H60OS. The third-order valence-electron chi connectivity index (χ3n) is 7.16. The summed E-state index contributed by atoms with van der Waals surface area (Å²) in [5, 5.41) is 0.135. The molecule has 0 unspecified atom stereocenters. The molecule has 0 aromatic rings. The maximum absolute atomic E-state index is 11.9. The van der Waals surface area contributed by atoms with Crippen LogP contribution in [0.5, 0.6) is 0 Å². The number of carbonyl (C=O) groups excluding carboxylic acids is 1. The maximum atomic E-state index is 11.9. The van der Waals surface area contributed by atoms with Crippen molar-refractivity contribution in [2.75, 3.05) is 0 Å². The zero-order valence-corrected chi connectivity index (χ0v) is 23.2.